The third-order valence-corrected chi connectivity index (χ3v) is 11.3. The highest BCUT2D eigenvalue weighted by Gasteiger charge is 2.53. The number of aliphatic imine (C=N–C) groups is 2. The van der Waals surface area contributed by atoms with Gasteiger partial charge in [0.05, 0.1) is 19.1 Å². The highest BCUT2D eigenvalue weighted by atomic mass is 16.5. The Morgan fingerprint density at radius 2 is 1.40 bits per heavy atom. The number of carbonyl (C=O) groups excluding carboxylic acids is 2. The van der Waals surface area contributed by atoms with Gasteiger partial charge in [-0.25, -0.2) is 4.79 Å². The van der Waals surface area contributed by atoms with Gasteiger partial charge >= 0.3 is 12.1 Å². The molecule has 250 valence electrons. The summed E-state index contributed by atoms with van der Waals surface area (Å²) < 4.78 is 4.76. The number of hydrogen-bond acceptors (Lipinski definition) is 6. The van der Waals surface area contributed by atoms with Crippen molar-refractivity contribution in [3.63, 3.8) is 0 Å². The number of benzene rings is 2. The van der Waals surface area contributed by atoms with Gasteiger partial charge in [-0.2, -0.15) is 0 Å². The van der Waals surface area contributed by atoms with E-state index in [-0.39, 0.29) is 29.7 Å². The van der Waals surface area contributed by atoms with Gasteiger partial charge < -0.3 is 20.1 Å². The number of fused-ring (bicyclic) bond motifs is 2. The Morgan fingerprint density at radius 3 is 1.98 bits per heavy atom. The number of allylic oxidation sites excluding steroid dienone is 2. The zero-order valence-electron chi connectivity index (χ0n) is 27.9. The van der Waals surface area contributed by atoms with Crippen molar-refractivity contribution in [3.8, 4) is 11.1 Å². The number of carboxylic acid groups (broad SMARTS) is 1. The first-order chi connectivity index (χ1) is 23.2. The van der Waals surface area contributed by atoms with E-state index in [2.05, 4.69) is 53.8 Å². The van der Waals surface area contributed by atoms with E-state index in [0.29, 0.717) is 24.8 Å². The number of alkyl carbamates (subject to hydrolysis) is 1. The Kier molecular flexibility index (Phi) is 8.79. The fourth-order valence-electron chi connectivity index (χ4n) is 8.79. The predicted molar refractivity (Wildman–Crippen MR) is 186 cm³/mol. The molecule has 2 aromatic carbocycles. The van der Waals surface area contributed by atoms with Gasteiger partial charge in [-0.15, -0.1) is 0 Å². The quantitative estimate of drug-likeness (QED) is 0.308. The van der Waals surface area contributed by atoms with E-state index in [9.17, 15) is 19.5 Å². The lowest BCUT2D eigenvalue weighted by atomic mass is 9.75. The molecule has 0 radical (unpaired) electrons. The summed E-state index contributed by atoms with van der Waals surface area (Å²) in [6.07, 6.45) is 9.66. The molecule has 48 heavy (non-hydrogen) atoms. The lowest BCUT2D eigenvalue weighted by Crippen LogP contribution is -2.53. The standard InChI is InChI=1S/C39H44N4O5/c1-22(2)36(42-39(47)48-3)37(44)43-16-4-5-33(43)31-18-29(20-40-31)25-10-6-23(7-11-25)24-8-12-26(13-9-24)30-19-32(41-21-30)34-27-14-15-28(17-27)35(34)38(45)46/h6-13,20-22,27-28,33-36H,4-5,14-19H2,1-3H3,(H,42,47)(H,45,46)/t27-,28+,33-,34-,35+,36-/m0/s1. The first-order valence-corrected chi connectivity index (χ1v) is 17.3. The minimum atomic E-state index is -0.658. The second-order valence-electron chi connectivity index (χ2n) is 14.3. The summed E-state index contributed by atoms with van der Waals surface area (Å²) in [5.41, 5.74) is 8.82. The van der Waals surface area contributed by atoms with Crippen molar-refractivity contribution in [3.05, 3.63) is 72.1 Å². The van der Waals surface area contributed by atoms with Crippen molar-refractivity contribution in [2.75, 3.05) is 13.7 Å². The summed E-state index contributed by atoms with van der Waals surface area (Å²) in [4.78, 5) is 48.9. The molecule has 0 unspecified atom stereocenters. The van der Waals surface area contributed by atoms with Crippen molar-refractivity contribution in [1.29, 1.82) is 0 Å². The Balaban J connectivity index is 0.958. The average Bonchev–Trinajstić information content (AvgIpc) is 3.94. The number of likely N-dealkylation sites (tertiary alicyclic amines) is 1. The molecule has 0 aromatic heterocycles. The topological polar surface area (TPSA) is 121 Å². The van der Waals surface area contributed by atoms with E-state index in [1.165, 1.54) is 7.11 Å². The van der Waals surface area contributed by atoms with E-state index in [1.807, 2.05) is 31.1 Å². The number of amides is 2. The number of nitrogens with zero attached hydrogens (tertiary/aromatic N) is 3. The summed E-state index contributed by atoms with van der Waals surface area (Å²) in [6, 6.07) is 16.4. The summed E-state index contributed by atoms with van der Waals surface area (Å²) in [5.74, 6) is -0.242. The molecule has 6 atom stereocenters. The molecule has 2 amide bonds. The van der Waals surface area contributed by atoms with Crippen LogP contribution >= 0.6 is 0 Å². The van der Waals surface area contributed by atoms with Crippen LogP contribution in [0.25, 0.3) is 22.3 Å². The molecule has 0 spiro atoms. The fourth-order valence-corrected chi connectivity index (χ4v) is 8.79. The highest BCUT2D eigenvalue weighted by molar-refractivity contribution is 6.04. The zero-order chi connectivity index (χ0) is 33.5. The SMILES string of the molecule is COC(=O)N[C@H](C(=O)N1CCC[C@H]1C1=NC=C(c2ccc(-c3ccc(C4=CN=C([C@@H]5[C@H]6CC[C@H](C6)[C@H]5C(=O)O)C4)cc3)cc2)C1)C(C)C. The Hall–Kier alpha value is -4.53. The van der Waals surface area contributed by atoms with Crippen LogP contribution in [0.15, 0.2) is 70.9 Å². The number of methoxy groups -OCH3 is 1. The minimum Gasteiger partial charge on any atom is -0.481 e. The number of nitrogens with one attached hydrogen (secondary N) is 1. The maximum absolute atomic E-state index is 13.5. The molecule has 5 aliphatic rings. The number of hydrogen-bond donors (Lipinski definition) is 2. The molecule has 2 N–H and O–H groups in total. The molecule has 2 bridgehead atoms. The van der Waals surface area contributed by atoms with Crippen LogP contribution in [-0.2, 0) is 14.3 Å². The summed E-state index contributed by atoms with van der Waals surface area (Å²) in [6.45, 7) is 4.49. The van der Waals surface area contributed by atoms with E-state index in [1.54, 1.807) is 0 Å². The van der Waals surface area contributed by atoms with Crippen LogP contribution in [0.1, 0.15) is 69.9 Å². The molecule has 7 rings (SSSR count). The highest BCUT2D eigenvalue weighted by Crippen LogP contribution is 2.54. The summed E-state index contributed by atoms with van der Waals surface area (Å²) in [5, 5.41) is 12.6. The Morgan fingerprint density at radius 1 is 0.833 bits per heavy atom. The maximum Gasteiger partial charge on any atom is 0.407 e. The minimum absolute atomic E-state index is 0.0707. The zero-order valence-corrected chi connectivity index (χ0v) is 27.9. The molecule has 3 aliphatic heterocycles. The van der Waals surface area contributed by atoms with Crippen molar-refractivity contribution in [2.45, 2.75) is 70.9 Å². The summed E-state index contributed by atoms with van der Waals surface area (Å²) >= 11 is 0. The number of rotatable bonds is 9. The maximum atomic E-state index is 13.5. The van der Waals surface area contributed by atoms with Crippen LogP contribution < -0.4 is 5.32 Å². The van der Waals surface area contributed by atoms with Gasteiger partial charge in [0, 0.05) is 49.1 Å². The monoisotopic (exact) mass is 648 g/mol. The van der Waals surface area contributed by atoms with Crippen LogP contribution in [0.2, 0.25) is 0 Å². The first-order valence-electron chi connectivity index (χ1n) is 17.3. The van der Waals surface area contributed by atoms with Crippen LogP contribution in [0.4, 0.5) is 4.79 Å². The van der Waals surface area contributed by atoms with Gasteiger partial charge in [-0.3, -0.25) is 19.6 Å². The first kappa shape index (κ1) is 32.0. The lowest BCUT2D eigenvalue weighted by Gasteiger charge is -2.31. The van der Waals surface area contributed by atoms with Gasteiger partial charge in [-0.1, -0.05) is 62.4 Å². The fraction of sp³-hybridized carbons (Fsp3) is 0.462. The molecular weight excluding hydrogens is 604 g/mol. The molecule has 2 saturated carbocycles. The van der Waals surface area contributed by atoms with Crippen LogP contribution in [0, 0.1) is 29.6 Å². The van der Waals surface area contributed by atoms with E-state index < -0.39 is 18.1 Å². The summed E-state index contributed by atoms with van der Waals surface area (Å²) in [7, 11) is 1.30. The number of ether oxygens (including phenoxy) is 1. The second-order valence-corrected chi connectivity index (χ2v) is 14.3. The molecule has 2 aliphatic carbocycles. The number of carbonyl (C=O) groups is 3. The normalized spacial score (nSPS) is 26.7. The lowest BCUT2D eigenvalue weighted by molar-refractivity contribution is -0.144. The number of aliphatic carboxylic acids is 1. The van der Waals surface area contributed by atoms with Gasteiger partial charge in [0.25, 0.3) is 0 Å². The van der Waals surface area contributed by atoms with Crippen LogP contribution in [-0.4, -0.2) is 65.1 Å². The largest absolute Gasteiger partial charge is 0.481 e. The van der Waals surface area contributed by atoms with Crippen molar-refractivity contribution in [2.24, 2.45) is 39.6 Å². The van der Waals surface area contributed by atoms with E-state index in [0.717, 1.165) is 83.3 Å². The third-order valence-electron chi connectivity index (χ3n) is 11.3. The van der Waals surface area contributed by atoms with Crippen molar-refractivity contribution < 1.29 is 24.2 Å². The van der Waals surface area contributed by atoms with Crippen molar-refractivity contribution in [1.82, 2.24) is 10.2 Å². The van der Waals surface area contributed by atoms with Crippen molar-refractivity contribution >= 4 is 40.5 Å². The molecule has 9 nitrogen and oxygen atoms in total. The van der Waals surface area contributed by atoms with Gasteiger partial charge in [0.2, 0.25) is 5.91 Å². The molecular formula is C39H44N4O5. The van der Waals surface area contributed by atoms with Gasteiger partial charge in [0.15, 0.2) is 0 Å². The van der Waals surface area contributed by atoms with Crippen LogP contribution in [0.5, 0.6) is 0 Å². The van der Waals surface area contributed by atoms with Crippen LogP contribution in [0.3, 0.4) is 0 Å². The molecule has 1 saturated heterocycles. The number of carboxylic acids is 1. The van der Waals surface area contributed by atoms with E-state index >= 15 is 0 Å². The second kappa shape index (κ2) is 13.2. The van der Waals surface area contributed by atoms with Gasteiger partial charge in [-0.05, 0) is 83.3 Å². The Labute approximate surface area is 281 Å². The molecule has 9 heteroatoms. The smallest absolute Gasteiger partial charge is 0.407 e. The molecule has 2 aromatic rings. The molecule has 3 fully saturated rings. The van der Waals surface area contributed by atoms with Gasteiger partial charge in [0.1, 0.15) is 6.04 Å². The average molecular weight is 649 g/mol. The predicted octanol–water partition coefficient (Wildman–Crippen LogP) is 6.84. The Bertz CT molecular complexity index is 1720. The third kappa shape index (κ3) is 5.99. The van der Waals surface area contributed by atoms with E-state index in [4.69, 9.17) is 14.7 Å². The molecule has 3 heterocycles.